The van der Waals surface area contributed by atoms with Gasteiger partial charge in [0.2, 0.25) is 5.91 Å². The summed E-state index contributed by atoms with van der Waals surface area (Å²) in [6.07, 6.45) is 2.95. The van der Waals surface area contributed by atoms with Crippen LogP contribution in [-0.4, -0.2) is 35.5 Å². The van der Waals surface area contributed by atoms with Gasteiger partial charge >= 0.3 is 5.97 Å². The summed E-state index contributed by atoms with van der Waals surface area (Å²) in [4.78, 5) is 22.6. The molecule has 0 bridgehead atoms. The Hall–Kier alpha value is -0.710. The number of thioether (sulfide) groups is 1. The molecule has 1 aliphatic carbocycles. The number of carbonyl (C=O) groups is 2. The first-order valence-corrected chi connectivity index (χ1v) is 6.81. The van der Waals surface area contributed by atoms with Gasteiger partial charge in [-0.05, 0) is 23.8 Å². The number of carbonyl (C=O) groups excluding carboxylic acids is 1. The van der Waals surface area contributed by atoms with Crippen molar-refractivity contribution < 1.29 is 14.7 Å². The Kier molecular flexibility index (Phi) is 4.24. The van der Waals surface area contributed by atoms with Gasteiger partial charge in [0, 0.05) is 6.54 Å². The number of hydrogen-bond donors (Lipinski definition) is 2. The van der Waals surface area contributed by atoms with Gasteiger partial charge in [-0.3, -0.25) is 9.59 Å². The summed E-state index contributed by atoms with van der Waals surface area (Å²) in [7, 11) is 0. The van der Waals surface area contributed by atoms with Crippen molar-refractivity contribution in [2.24, 2.45) is 17.3 Å². The normalized spacial score (nSPS) is 26.2. The van der Waals surface area contributed by atoms with Crippen molar-refractivity contribution in [3.05, 3.63) is 0 Å². The van der Waals surface area contributed by atoms with Gasteiger partial charge in [-0.25, -0.2) is 0 Å². The molecule has 4 nitrogen and oxygen atoms in total. The maximum absolute atomic E-state index is 11.7. The number of rotatable bonds is 6. The van der Waals surface area contributed by atoms with Crippen LogP contribution in [-0.2, 0) is 9.59 Å². The van der Waals surface area contributed by atoms with E-state index in [4.69, 9.17) is 5.11 Å². The molecule has 0 radical (unpaired) electrons. The van der Waals surface area contributed by atoms with Crippen LogP contribution in [0.4, 0.5) is 0 Å². The average molecular weight is 245 g/mol. The molecule has 92 valence electrons. The average Bonchev–Trinajstić information content (AvgIpc) is 2.76. The largest absolute Gasteiger partial charge is 0.481 e. The summed E-state index contributed by atoms with van der Waals surface area (Å²) in [5.74, 6) is -0.850. The third-order valence-electron chi connectivity index (χ3n) is 3.20. The minimum Gasteiger partial charge on any atom is -0.481 e. The van der Waals surface area contributed by atoms with Gasteiger partial charge in [0.25, 0.3) is 0 Å². The molecular formula is C11H19NO3S. The van der Waals surface area contributed by atoms with Crippen molar-refractivity contribution >= 4 is 23.6 Å². The molecule has 0 aromatic heterocycles. The maximum Gasteiger partial charge on any atom is 0.307 e. The quantitative estimate of drug-likeness (QED) is 0.690. The van der Waals surface area contributed by atoms with E-state index in [0.717, 1.165) is 12.2 Å². The first kappa shape index (κ1) is 13.4. The molecule has 5 heteroatoms. The van der Waals surface area contributed by atoms with Crippen molar-refractivity contribution in [1.29, 1.82) is 0 Å². The molecule has 1 rings (SSSR count). The number of carboxylic acid groups (broad SMARTS) is 1. The molecule has 0 heterocycles. The second-order valence-electron chi connectivity index (χ2n) is 4.75. The molecular weight excluding hydrogens is 226 g/mol. The summed E-state index contributed by atoms with van der Waals surface area (Å²) in [6, 6.07) is 0. The number of aliphatic carboxylic acids is 1. The Bertz CT molecular complexity index is 291. The molecule has 0 unspecified atom stereocenters. The highest BCUT2D eigenvalue weighted by molar-refractivity contribution is 7.98. The number of nitrogens with one attached hydrogen (secondary N) is 1. The van der Waals surface area contributed by atoms with Gasteiger partial charge < -0.3 is 10.4 Å². The van der Waals surface area contributed by atoms with Crippen LogP contribution in [0.5, 0.6) is 0 Å². The zero-order valence-corrected chi connectivity index (χ0v) is 10.8. The van der Waals surface area contributed by atoms with E-state index in [-0.39, 0.29) is 11.8 Å². The topological polar surface area (TPSA) is 66.4 Å². The van der Waals surface area contributed by atoms with Crippen LogP contribution in [0.2, 0.25) is 0 Å². The van der Waals surface area contributed by atoms with Gasteiger partial charge in [0.15, 0.2) is 0 Å². The van der Waals surface area contributed by atoms with E-state index in [1.165, 1.54) is 0 Å². The van der Waals surface area contributed by atoms with Crippen molar-refractivity contribution in [2.45, 2.75) is 20.3 Å². The van der Waals surface area contributed by atoms with Crippen molar-refractivity contribution in [3.8, 4) is 0 Å². The van der Waals surface area contributed by atoms with Crippen LogP contribution < -0.4 is 5.32 Å². The molecule has 0 aromatic rings. The molecule has 2 atom stereocenters. The zero-order chi connectivity index (χ0) is 12.3. The lowest BCUT2D eigenvalue weighted by atomic mass is 10.1. The molecule has 0 aromatic carbocycles. The third-order valence-corrected chi connectivity index (χ3v) is 3.90. The predicted molar refractivity (Wildman–Crippen MR) is 64.4 cm³/mol. The van der Waals surface area contributed by atoms with E-state index in [9.17, 15) is 9.59 Å². The van der Waals surface area contributed by atoms with Crippen molar-refractivity contribution in [3.63, 3.8) is 0 Å². The summed E-state index contributed by atoms with van der Waals surface area (Å²) in [6.45, 7) is 4.30. The lowest BCUT2D eigenvalue weighted by molar-refractivity contribution is -0.140. The van der Waals surface area contributed by atoms with Gasteiger partial charge in [-0.2, -0.15) is 11.8 Å². The fourth-order valence-corrected chi connectivity index (χ4v) is 2.56. The molecule has 16 heavy (non-hydrogen) atoms. The van der Waals surface area contributed by atoms with E-state index in [2.05, 4.69) is 5.32 Å². The Morgan fingerprint density at radius 3 is 2.44 bits per heavy atom. The van der Waals surface area contributed by atoms with Gasteiger partial charge in [0.1, 0.15) is 0 Å². The second kappa shape index (κ2) is 5.08. The number of carboxylic acids is 1. The van der Waals surface area contributed by atoms with Gasteiger partial charge in [-0.15, -0.1) is 0 Å². The van der Waals surface area contributed by atoms with E-state index >= 15 is 0 Å². The fraction of sp³-hybridized carbons (Fsp3) is 0.818. The molecule has 2 N–H and O–H groups in total. The number of hydrogen-bond acceptors (Lipinski definition) is 3. The summed E-state index contributed by atoms with van der Waals surface area (Å²) < 4.78 is 0. The lowest BCUT2D eigenvalue weighted by Gasteiger charge is -2.05. The Balaban J connectivity index is 2.36. The summed E-state index contributed by atoms with van der Waals surface area (Å²) in [5, 5.41) is 11.7. The maximum atomic E-state index is 11.7. The Morgan fingerprint density at radius 2 is 2.00 bits per heavy atom. The zero-order valence-electron chi connectivity index (χ0n) is 9.95. The van der Waals surface area contributed by atoms with Crippen LogP contribution in [0, 0.1) is 17.3 Å². The van der Waals surface area contributed by atoms with Crippen LogP contribution in [0.15, 0.2) is 0 Å². The van der Waals surface area contributed by atoms with E-state index in [0.29, 0.717) is 6.54 Å². The Labute approximate surface area is 100 Å². The molecule has 1 fully saturated rings. The second-order valence-corrected chi connectivity index (χ2v) is 5.74. The van der Waals surface area contributed by atoms with E-state index in [1.54, 1.807) is 11.8 Å². The van der Waals surface area contributed by atoms with Crippen LogP contribution in [0.25, 0.3) is 0 Å². The first-order chi connectivity index (χ1) is 7.42. The highest BCUT2D eigenvalue weighted by Gasteiger charge is 2.65. The number of amides is 1. The monoisotopic (exact) mass is 245 g/mol. The standard InChI is InChI=1S/C11H19NO3S/c1-11(2)7(8(11)10(14)15)9(13)12-5-4-6-16-3/h7-8H,4-6H2,1-3H3,(H,12,13)(H,14,15)/t7-,8+/m1/s1. The smallest absolute Gasteiger partial charge is 0.307 e. The van der Waals surface area contributed by atoms with Crippen LogP contribution in [0.3, 0.4) is 0 Å². The molecule has 1 aliphatic rings. The Morgan fingerprint density at radius 1 is 1.38 bits per heavy atom. The molecule has 0 saturated heterocycles. The first-order valence-electron chi connectivity index (χ1n) is 5.42. The van der Waals surface area contributed by atoms with Gasteiger partial charge in [-0.1, -0.05) is 13.8 Å². The fourth-order valence-electron chi connectivity index (χ4n) is 2.13. The molecule has 1 saturated carbocycles. The van der Waals surface area contributed by atoms with Crippen LogP contribution in [0.1, 0.15) is 20.3 Å². The SMILES string of the molecule is CSCCCNC(=O)[C@H]1[C@@H](C(=O)O)C1(C)C. The molecule has 1 amide bonds. The van der Waals surface area contributed by atoms with Gasteiger partial charge in [0.05, 0.1) is 11.8 Å². The van der Waals surface area contributed by atoms with E-state index in [1.807, 2.05) is 20.1 Å². The van der Waals surface area contributed by atoms with E-state index < -0.39 is 17.3 Å². The van der Waals surface area contributed by atoms with Crippen LogP contribution >= 0.6 is 11.8 Å². The highest BCUT2D eigenvalue weighted by atomic mass is 32.2. The van der Waals surface area contributed by atoms with Crippen molar-refractivity contribution in [2.75, 3.05) is 18.6 Å². The third kappa shape index (κ3) is 2.70. The highest BCUT2D eigenvalue weighted by Crippen LogP contribution is 2.58. The summed E-state index contributed by atoms with van der Waals surface area (Å²) in [5.41, 5.74) is -0.393. The minimum atomic E-state index is -0.866. The minimum absolute atomic E-state index is 0.112. The molecule has 0 spiro atoms. The summed E-state index contributed by atoms with van der Waals surface area (Å²) >= 11 is 1.74. The molecule has 0 aliphatic heterocycles. The predicted octanol–water partition coefficient (Wildman–Crippen LogP) is 1.21. The van der Waals surface area contributed by atoms with Crippen molar-refractivity contribution in [1.82, 2.24) is 5.32 Å². The lowest BCUT2D eigenvalue weighted by Crippen LogP contribution is -2.28.